The number of hydrogen-bond acceptors (Lipinski definition) is 0. The van der Waals surface area contributed by atoms with Gasteiger partial charge in [-0.2, -0.15) is 0 Å². The Labute approximate surface area is 189 Å². The largest absolute Gasteiger partial charge is 1.00 e. The second kappa shape index (κ2) is 9.78. The van der Waals surface area contributed by atoms with Crippen LogP contribution in [0.15, 0.2) is 66.8 Å². The van der Waals surface area contributed by atoms with E-state index < -0.39 is 8.07 Å². The smallest absolute Gasteiger partial charge is 1.00 e. The summed E-state index contributed by atoms with van der Waals surface area (Å²) in [5.41, 5.74) is 5.56. The van der Waals surface area contributed by atoms with E-state index in [0.717, 1.165) is 0 Å². The Kier molecular flexibility index (Phi) is 9.67. The molecular weight excluding hydrogens is 435 g/mol. The fourth-order valence-corrected chi connectivity index (χ4v) is 7.79. The molecule has 0 N–H and O–H groups in total. The van der Waals surface area contributed by atoms with Gasteiger partial charge in [-0.05, 0) is 0 Å². The predicted molar refractivity (Wildman–Crippen MR) is 99.3 cm³/mol. The molecule has 0 saturated heterocycles. The van der Waals surface area contributed by atoms with Crippen molar-refractivity contribution in [2.45, 2.75) is 30.3 Å². The molecule has 0 bridgehead atoms. The first kappa shape index (κ1) is 25.7. The van der Waals surface area contributed by atoms with Gasteiger partial charge in [0.25, 0.3) is 0 Å². The molecule has 0 aromatic heterocycles. The van der Waals surface area contributed by atoms with E-state index in [1.54, 1.807) is 5.19 Å². The van der Waals surface area contributed by atoms with Crippen molar-refractivity contribution in [2.75, 3.05) is 0 Å². The van der Waals surface area contributed by atoms with Gasteiger partial charge in [0.05, 0.1) is 0 Å². The van der Waals surface area contributed by atoms with E-state index in [4.69, 9.17) is 0 Å². The summed E-state index contributed by atoms with van der Waals surface area (Å²) in [6, 6.07) is 17.9. The zero-order chi connectivity index (χ0) is 16.7. The Bertz CT molecular complexity index is 780. The molecule has 26 heavy (non-hydrogen) atoms. The molecule has 3 rings (SSSR count). The quantitative estimate of drug-likeness (QED) is 0.414. The molecule has 0 nitrogen and oxygen atoms in total. The van der Waals surface area contributed by atoms with Gasteiger partial charge in [0.2, 0.25) is 0 Å². The van der Waals surface area contributed by atoms with Crippen molar-refractivity contribution in [2.24, 2.45) is 0 Å². The van der Waals surface area contributed by atoms with Gasteiger partial charge in [0.1, 0.15) is 0 Å². The second-order valence-electron chi connectivity index (χ2n) is 7.11. The molecule has 0 aliphatic heterocycles. The SMILES string of the molecule is Cc1cc(C)cc([Si](C)(C)[C]2([Ti+3])C=CC=C2c2ccccc2)c1.[Cl-].[Cl-].[Cl-]. The van der Waals surface area contributed by atoms with Crippen LogP contribution in [0.1, 0.15) is 16.7 Å². The predicted octanol–water partition coefficient (Wildman–Crippen LogP) is -3.87. The normalized spacial score (nSPS) is 18.3. The van der Waals surface area contributed by atoms with Crippen molar-refractivity contribution in [3.8, 4) is 0 Å². The zero-order valence-corrected chi connectivity index (χ0v) is 20.3. The standard InChI is InChI=1S/C21H23Si.3ClH.Ti/c1-16-13-17(2)15-19(14-16)22(3,4)21-12-8-11-20(21)18-9-6-5-7-10-18;;;;/h5-15H,1-4H3;3*1H;/q;;;;+3/p-3. The van der Waals surface area contributed by atoms with Crippen LogP contribution in [0.2, 0.25) is 16.4 Å². The summed E-state index contributed by atoms with van der Waals surface area (Å²) < 4.78 is 0.120. The van der Waals surface area contributed by atoms with Gasteiger partial charge in [0.15, 0.2) is 0 Å². The van der Waals surface area contributed by atoms with Gasteiger partial charge in [-0.3, -0.25) is 0 Å². The minimum Gasteiger partial charge on any atom is -1.00 e. The maximum Gasteiger partial charge on any atom is -1.00 e. The summed E-state index contributed by atoms with van der Waals surface area (Å²) >= 11 is 2.43. The number of benzene rings is 2. The Balaban J connectivity index is 0.00000208. The average Bonchev–Trinajstić information content (AvgIpc) is 2.91. The third-order valence-corrected chi connectivity index (χ3v) is 12.8. The van der Waals surface area contributed by atoms with Crippen LogP contribution in [-0.4, -0.2) is 8.07 Å². The molecule has 1 atom stereocenters. The molecule has 0 amide bonds. The molecule has 136 valence electrons. The van der Waals surface area contributed by atoms with Crippen LogP contribution in [0.25, 0.3) is 5.57 Å². The van der Waals surface area contributed by atoms with E-state index in [9.17, 15) is 0 Å². The summed E-state index contributed by atoms with van der Waals surface area (Å²) in [7, 11) is -1.73. The zero-order valence-electron chi connectivity index (χ0n) is 15.5. The van der Waals surface area contributed by atoms with Crippen LogP contribution in [0, 0.1) is 13.8 Å². The van der Waals surface area contributed by atoms with Crippen molar-refractivity contribution < 1.29 is 57.7 Å². The molecule has 5 heteroatoms. The number of aryl methyl sites for hydroxylation is 2. The van der Waals surface area contributed by atoms with Crippen LogP contribution in [0.5, 0.6) is 0 Å². The molecule has 0 fully saturated rings. The van der Waals surface area contributed by atoms with E-state index in [0.29, 0.717) is 0 Å². The first-order valence-electron chi connectivity index (χ1n) is 8.14. The summed E-state index contributed by atoms with van der Waals surface area (Å²) in [4.78, 5) is 0. The number of allylic oxidation sites excluding steroid dienone is 4. The van der Waals surface area contributed by atoms with Crippen LogP contribution in [0.3, 0.4) is 0 Å². The van der Waals surface area contributed by atoms with Crippen LogP contribution >= 0.6 is 0 Å². The molecule has 1 unspecified atom stereocenters. The van der Waals surface area contributed by atoms with Gasteiger partial charge >= 0.3 is 153 Å². The summed E-state index contributed by atoms with van der Waals surface area (Å²) in [5.74, 6) is 0. The number of hydrogen-bond donors (Lipinski definition) is 0. The van der Waals surface area contributed by atoms with Crippen molar-refractivity contribution >= 4 is 18.8 Å². The van der Waals surface area contributed by atoms with Gasteiger partial charge in [0, 0.05) is 0 Å². The molecule has 0 radical (unpaired) electrons. The molecule has 2 aromatic carbocycles. The maximum atomic E-state index is 2.51. The Morgan fingerprint density at radius 3 is 1.92 bits per heavy atom. The van der Waals surface area contributed by atoms with Crippen LogP contribution in [-0.2, 0) is 20.4 Å². The van der Waals surface area contributed by atoms with E-state index in [1.807, 2.05) is 0 Å². The van der Waals surface area contributed by atoms with Crippen molar-refractivity contribution in [3.63, 3.8) is 0 Å². The fraction of sp³-hybridized carbons (Fsp3) is 0.238. The summed E-state index contributed by atoms with van der Waals surface area (Å²) in [5, 5.41) is 1.55. The molecular formula is C21H23Cl3SiTi. The molecule has 2 aromatic rings. The summed E-state index contributed by atoms with van der Waals surface area (Å²) in [6.07, 6.45) is 6.99. The molecule has 0 heterocycles. The summed E-state index contributed by atoms with van der Waals surface area (Å²) in [6.45, 7) is 9.44. The molecule has 0 spiro atoms. The van der Waals surface area contributed by atoms with E-state index in [2.05, 4.69) is 114 Å². The first-order valence-corrected chi connectivity index (χ1v) is 11.9. The monoisotopic (exact) mass is 456 g/mol. The maximum absolute atomic E-state index is 2.51. The topological polar surface area (TPSA) is 0 Å². The minimum atomic E-state index is -1.73. The number of halogens is 3. The average molecular weight is 458 g/mol. The molecule has 1 aliphatic rings. The third kappa shape index (κ3) is 4.58. The van der Waals surface area contributed by atoms with Crippen molar-refractivity contribution in [3.05, 3.63) is 83.4 Å². The third-order valence-electron chi connectivity index (χ3n) is 5.05. The van der Waals surface area contributed by atoms with Crippen molar-refractivity contribution in [1.29, 1.82) is 0 Å². The van der Waals surface area contributed by atoms with E-state index >= 15 is 0 Å². The van der Waals surface area contributed by atoms with Crippen LogP contribution in [0.4, 0.5) is 0 Å². The Hall–Kier alpha value is -0.279. The van der Waals surface area contributed by atoms with E-state index in [-0.39, 0.29) is 40.6 Å². The van der Waals surface area contributed by atoms with Gasteiger partial charge in [-0.1, -0.05) is 0 Å². The van der Waals surface area contributed by atoms with Crippen molar-refractivity contribution in [1.82, 2.24) is 0 Å². The van der Waals surface area contributed by atoms with Crippen LogP contribution < -0.4 is 42.4 Å². The van der Waals surface area contributed by atoms with Gasteiger partial charge in [-0.25, -0.2) is 0 Å². The van der Waals surface area contributed by atoms with E-state index in [1.165, 1.54) is 22.3 Å². The van der Waals surface area contributed by atoms with Gasteiger partial charge in [-0.15, -0.1) is 0 Å². The Morgan fingerprint density at radius 1 is 0.846 bits per heavy atom. The van der Waals surface area contributed by atoms with Gasteiger partial charge < -0.3 is 37.2 Å². The molecule has 0 saturated carbocycles. The molecule has 1 aliphatic carbocycles. The fourth-order valence-electron chi connectivity index (χ4n) is 3.56. The minimum absolute atomic E-state index is 0. The number of rotatable bonds is 3. The second-order valence-corrected chi connectivity index (χ2v) is 13.7. The Morgan fingerprint density at radius 2 is 1.38 bits per heavy atom. The first-order chi connectivity index (χ1) is 10.8.